The summed E-state index contributed by atoms with van der Waals surface area (Å²) in [5, 5.41) is 2.57. The Labute approximate surface area is 168 Å². The zero-order valence-electron chi connectivity index (χ0n) is 16.2. The summed E-state index contributed by atoms with van der Waals surface area (Å²) >= 11 is 0. The van der Waals surface area contributed by atoms with Crippen LogP contribution in [0.1, 0.15) is 39.2 Å². The lowest BCUT2D eigenvalue weighted by molar-refractivity contribution is -0.117. The zero-order valence-corrected chi connectivity index (χ0v) is 16.2. The highest BCUT2D eigenvalue weighted by Gasteiger charge is 2.29. The van der Waals surface area contributed by atoms with Crippen molar-refractivity contribution in [3.8, 4) is 11.1 Å². The normalized spacial score (nSPS) is 10.4. The van der Waals surface area contributed by atoms with Crippen molar-refractivity contribution in [3.63, 3.8) is 0 Å². The van der Waals surface area contributed by atoms with Gasteiger partial charge in [0.2, 0.25) is 0 Å². The highest BCUT2D eigenvalue weighted by atomic mass is 16.5. The van der Waals surface area contributed by atoms with Crippen molar-refractivity contribution in [2.45, 2.75) is 20.4 Å². The first-order valence-electron chi connectivity index (χ1n) is 9.20. The second-order valence-electron chi connectivity index (χ2n) is 6.29. The molecule has 148 valence electrons. The van der Waals surface area contributed by atoms with Crippen LogP contribution in [0, 0.1) is 6.92 Å². The summed E-state index contributed by atoms with van der Waals surface area (Å²) in [6.07, 6.45) is 1.61. The van der Waals surface area contributed by atoms with Gasteiger partial charge in [-0.2, -0.15) is 0 Å². The number of H-pyrrole nitrogens is 1. The van der Waals surface area contributed by atoms with Crippen LogP contribution in [-0.4, -0.2) is 34.2 Å². The zero-order chi connectivity index (χ0) is 20.8. The van der Waals surface area contributed by atoms with Gasteiger partial charge in [-0.1, -0.05) is 36.4 Å². The molecule has 29 heavy (non-hydrogen) atoms. The number of ether oxygens (including phenoxy) is 1. The summed E-state index contributed by atoms with van der Waals surface area (Å²) in [7, 11) is 0. The van der Waals surface area contributed by atoms with E-state index >= 15 is 0 Å². The lowest BCUT2D eigenvalue weighted by Crippen LogP contribution is -2.31. The summed E-state index contributed by atoms with van der Waals surface area (Å²) in [5.41, 5.74) is 2.39. The van der Waals surface area contributed by atoms with E-state index in [0.29, 0.717) is 22.5 Å². The third-order valence-corrected chi connectivity index (χ3v) is 4.32. The molecule has 1 aromatic carbocycles. The van der Waals surface area contributed by atoms with Crippen LogP contribution in [0.25, 0.3) is 11.1 Å². The van der Waals surface area contributed by atoms with Gasteiger partial charge in [-0.3, -0.25) is 14.6 Å². The van der Waals surface area contributed by atoms with E-state index < -0.39 is 17.7 Å². The first kappa shape index (κ1) is 20.0. The quantitative estimate of drug-likeness (QED) is 0.366. The van der Waals surface area contributed by atoms with E-state index in [9.17, 15) is 14.4 Å². The first-order chi connectivity index (χ1) is 14.0. The molecule has 2 heterocycles. The Morgan fingerprint density at radius 2 is 1.79 bits per heavy atom. The monoisotopic (exact) mass is 391 g/mol. The fourth-order valence-electron chi connectivity index (χ4n) is 3.01. The van der Waals surface area contributed by atoms with Gasteiger partial charge in [0.05, 0.1) is 24.4 Å². The van der Waals surface area contributed by atoms with Gasteiger partial charge < -0.3 is 15.0 Å². The summed E-state index contributed by atoms with van der Waals surface area (Å²) in [6, 6.07) is 14.3. The number of carbonyl (C=O) groups is 3. The number of aromatic nitrogens is 2. The second kappa shape index (κ2) is 8.97. The average molecular weight is 391 g/mol. The van der Waals surface area contributed by atoms with Crippen LogP contribution in [0.15, 0.2) is 54.7 Å². The molecule has 2 aromatic heterocycles. The van der Waals surface area contributed by atoms with Gasteiger partial charge in [-0.15, -0.1) is 0 Å². The Balaban J connectivity index is 1.95. The minimum atomic E-state index is -0.788. The number of benzene rings is 1. The van der Waals surface area contributed by atoms with Gasteiger partial charge in [-0.05, 0) is 31.5 Å². The van der Waals surface area contributed by atoms with Crippen molar-refractivity contribution in [1.82, 2.24) is 15.3 Å². The third-order valence-electron chi connectivity index (χ3n) is 4.32. The van der Waals surface area contributed by atoms with Crippen LogP contribution in [0.5, 0.6) is 0 Å². The van der Waals surface area contributed by atoms with Gasteiger partial charge in [0, 0.05) is 17.5 Å². The van der Waals surface area contributed by atoms with E-state index in [1.54, 1.807) is 62.5 Å². The standard InChI is InChI=1S/C22H21N3O4/c1-3-29-22(28)17-14(2)25-19(18(17)15-9-5-4-6-10-15)20(26)21(27)24-13-16-11-7-8-12-23-16/h4-12,25H,3,13H2,1-2H3,(H,24,27). The minimum absolute atomic E-state index is 0.0512. The molecule has 7 nitrogen and oxygen atoms in total. The van der Waals surface area contributed by atoms with Crippen LogP contribution in [0.3, 0.4) is 0 Å². The fourth-order valence-corrected chi connectivity index (χ4v) is 3.01. The lowest BCUT2D eigenvalue weighted by Gasteiger charge is -2.08. The number of hydrogen-bond donors (Lipinski definition) is 2. The smallest absolute Gasteiger partial charge is 0.340 e. The molecule has 0 aliphatic carbocycles. The molecule has 0 radical (unpaired) electrons. The molecule has 2 N–H and O–H groups in total. The number of amides is 1. The van der Waals surface area contributed by atoms with E-state index in [0.717, 1.165) is 0 Å². The molecule has 0 atom stereocenters. The molecule has 0 aliphatic rings. The first-order valence-corrected chi connectivity index (χ1v) is 9.20. The topological polar surface area (TPSA) is 101 Å². The predicted molar refractivity (Wildman–Crippen MR) is 107 cm³/mol. The Bertz CT molecular complexity index is 1030. The van der Waals surface area contributed by atoms with Gasteiger partial charge >= 0.3 is 5.97 Å². The van der Waals surface area contributed by atoms with Gasteiger partial charge in [0.1, 0.15) is 5.69 Å². The Morgan fingerprint density at radius 3 is 2.45 bits per heavy atom. The number of ketones is 1. The summed E-state index contributed by atoms with van der Waals surface area (Å²) in [4.78, 5) is 44.9. The number of carbonyl (C=O) groups excluding carboxylic acids is 3. The molecule has 1 amide bonds. The highest BCUT2D eigenvalue weighted by molar-refractivity contribution is 6.43. The molecule has 0 saturated carbocycles. The van der Waals surface area contributed by atoms with Crippen LogP contribution in [-0.2, 0) is 16.1 Å². The van der Waals surface area contributed by atoms with Crippen molar-refractivity contribution in [3.05, 3.63) is 77.4 Å². The number of Topliss-reactive ketones (excluding diaryl/α,β-unsaturated/α-hetero) is 1. The van der Waals surface area contributed by atoms with E-state index in [1.807, 2.05) is 6.07 Å². The Morgan fingerprint density at radius 1 is 1.07 bits per heavy atom. The third kappa shape index (κ3) is 4.40. The molecule has 0 aliphatic heterocycles. The summed E-state index contributed by atoms with van der Waals surface area (Å²) < 4.78 is 5.15. The molecule has 0 bridgehead atoms. The molecular weight excluding hydrogens is 370 g/mol. The summed E-state index contributed by atoms with van der Waals surface area (Å²) in [5.74, 6) is -2.10. The van der Waals surface area contributed by atoms with Gasteiger partial charge in [0.25, 0.3) is 11.7 Å². The maximum Gasteiger partial charge on any atom is 0.340 e. The number of pyridine rings is 1. The number of aryl methyl sites for hydroxylation is 1. The van der Waals surface area contributed by atoms with Crippen molar-refractivity contribution in [2.75, 3.05) is 6.61 Å². The molecule has 3 rings (SSSR count). The SMILES string of the molecule is CCOC(=O)c1c(C)[nH]c(C(=O)C(=O)NCc2ccccn2)c1-c1ccccc1. The van der Waals surface area contributed by atoms with Crippen LogP contribution < -0.4 is 5.32 Å². The van der Waals surface area contributed by atoms with E-state index in [1.165, 1.54) is 0 Å². The predicted octanol–water partition coefficient (Wildman–Crippen LogP) is 3.06. The van der Waals surface area contributed by atoms with Crippen molar-refractivity contribution < 1.29 is 19.1 Å². The van der Waals surface area contributed by atoms with Crippen LogP contribution in [0.4, 0.5) is 0 Å². The molecule has 0 unspecified atom stereocenters. The van der Waals surface area contributed by atoms with E-state index in [2.05, 4.69) is 15.3 Å². The number of nitrogens with zero attached hydrogens (tertiary/aromatic N) is 1. The maximum atomic E-state index is 12.9. The Hall–Kier alpha value is -3.74. The number of hydrogen-bond acceptors (Lipinski definition) is 5. The largest absolute Gasteiger partial charge is 0.462 e. The Kier molecular flexibility index (Phi) is 6.19. The van der Waals surface area contributed by atoms with Crippen LogP contribution in [0.2, 0.25) is 0 Å². The molecule has 0 fully saturated rings. The number of aromatic amines is 1. The lowest BCUT2D eigenvalue weighted by atomic mass is 9.98. The number of esters is 1. The van der Waals surface area contributed by atoms with Gasteiger partial charge in [-0.25, -0.2) is 4.79 Å². The van der Waals surface area contributed by atoms with E-state index in [-0.39, 0.29) is 24.4 Å². The molecular formula is C22H21N3O4. The summed E-state index contributed by atoms with van der Waals surface area (Å²) in [6.45, 7) is 3.70. The van der Waals surface area contributed by atoms with Crippen molar-refractivity contribution in [1.29, 1.82) is 0 Å². The van der Waals surface area contributed by atoms with Crippen LogP contribution >= 0.6 is 0 Å². The molecule has 0 spiro atoms. The molecule has 0 saturated heterocycles. The molecule has 7 heteroatoms. The van der Waals surface area contributed by atoms with Crippen molar-refractivity contribution in [2.24, 2.45) is 0 Å². The van der Waals surface area contributed by atoms with Crippen molar-refractivity contribution >= 4 is 17.7 Å². The minimum Gasteiger partial charge on any atom is -0.462 e. The average Bonchev–Trinajstić information content (AvgIpc) is 3.10. The maximum absolute atomic E-state index is 12.9. The number of nitrogens with one attached hydrogen (secondary N) is 2. The molecule has 3 aromatic rings. The second-order valence-corrected chi connectivity index (χ2v) is 6.29. The number of rotatable bonds is 7. The van der Waals surface area contributed by atoms with E-state index in [4.69, 9.17) is 4.74 Å². The highest BCUT2D eigenvalue weighted by Crippen LogP contribution is 2.31. The van der Waals surface area contributed by atoms with Gasteiger partial charge in [0.15, 0.2) is 0 Å². The fraction of sp³-hybridized carbons (Fsp3) is 0.182.